The summed E-state index contributed by atoms with van der Waals surface area (Å²) in [6, 6.07) is 21.7. The molecule has 0 aliphatic rings. The zero-order chi connectivity index (χ0) is 22.0. The van der Waals surface area contributed by atoms with Crippen molar-refractivity contribution in [3.63, 3.8) is 0 Å². The first-order chi connectivity index (χ1) is 14.6. The zero-order valence-electron chi connectivity index (χ0n) is 19.2. The molecule has 2 aromatic heterocycles. The van der Waals surface area contributed by atoms with Crippen LogP contribution in [0, 0.1) is 0 Å². The van der Waals surface area contributed by atoms with Crippen LogP contribution < -0.4 is 0 Å². The summed E-state index contributed by atoms with van der Waals surface area (Å²) in [5, 5.41) is 2.53. The topological polar surface area (TPSA) is 30.7 Å². The lowest BCUT2D eigenvalue weighted by molar-refractivity contribution is 0.590. The minimum Gasteiger partial charge on any atom is -0.292 e. The van der Waals surface area contributed by atoms with Crippen LogP contribution in [0.5, 0.6) is 0 Å². The van der Waals surface area contributed by atoms with Crippen LogP contribution in [0.4, 0.5) is 0 Å². The maximum absolute atomic E-state index is 4.96. The van der Waals surface area contributed by atoms with Crippen LogP contribution in [0.25, 0.3) is 38.7 Å². The molecule has 5 aromatic rings. The Morgan fingerprint density at radius 2 is 1.16 bits per heavy atom. The van der Waals surface area contributed by atoms with Gasteiger partial charge in [0.05, 0.1) is 28.3 Å². The van der Waals surface area contributed by atoms with Crippen molar-refractivity contribution in [1.29, 1.82) is 0 Å². The van der Waals surface area contributed by atoms with Crippen LogP contribution >= 0.6 is 0 Å². The molecule has 3 nitrogen and oxygen atoms in total. The summed E-state index contributed by atoms with van der Waals surface area (Å²) >= 11 is 0. The molecule has 0 saturated carbocycles. The number of hydrogen-bond donors (Lipinski definition) is 0. The van der Waals surface area contributed by atoms with E-state index in [1.54, 1.807) is 0 Å². The second kappa shape index (κ2) is 6.65. The van der Waals surface area contributed by atoms with Gasteiger partial charge in [-0.3, -0.25) is 9.55 Å². The highest BCUT2D eigenvalue weighted by Crippen LogP contribution is 2.37. The van der Waals surface area contributed by atoms with Gasteiger partial charge in [-0.05, 0) is 58.4 Å². The Morgan fingerprint density at radius 1 is 0.645 bits per heavy atom. The lowest BCUT2D eigenvalue weighted by atomic mass is 9.85. The Balaban J connectivity index is 1.88. The fraction of sp³-hybridized carbons (Fsp3) is 0.286. The first-order valence-corrected chi connectivity index (χ1v) is 10.9. The van der Waals surface area contributed by atoms with Crippen molar-refractivity contribution in [1.82, 2.24) is 14.5 Å². The van der Waals surface area contributed by atoms with Gasteiger partial charge in [0.15, 0.2) is 5.82 Å². The molecule has 5 rings (SSSR count). The molecule has 3 heteroatoms. The summed E-state index contributed by atoms with van der Waals surface area (Å²) in [5.74, 6) is 0.853. The van der Waals surface area contributed by atoms with E-state index in [9.17, 15) is 0 Å². The second-order valence-corrected chi connectivity index (χ2v) is 10.5. The van der Waals surface area contributed by atoms with Crippen LogP contribution in [-0.4, -0.2) is 14.5 Å². The summed E-state index contributed by atoms with van der Waals surface area (Å²) in [6.45, 7) is 13.6. The SMILES string of the molecule is CC(C)(C)c1ccc2c(c1)c1cc(C(C)(C)C)ccc1n2-c1cnc2ccccc2n1. The minimum absolute atomic E-state index is 0.0903. The molecule has 3 aromatic carbocycles. The predicted octanol–water partition coefficient (Wildman–Crippen LogP) is 7.32. The van der Waals surface area contributed by atoms with E-state index in [1.165, 1.54) is 32.9 Å². The third-order valence-corrected chi connectivity index (χ3v) is 6.16. The molecule has 0 fully saturated rings. The van der Waals surface area contributed by atoms with Gasteiger partial charge in [-0.15, -0.1) is 0 Å². The number of fused-ring (bicyclic) bond motifs is 4. The van der Waals surface area contributed by atoms with Crippen molar-refractivity contribution in [3.8, 4) is 5.82 Å². The van der Waals surface area contributed by atoms with Gasteiger partial charge in [-0.2, -0.15) is 0 Å². The summed E-state index contributed by atoms with van der Waals surface area (Å²) in [7, 11) is 0. The number of aromatic nitrogens is 3. The molecule has 156 valence electrons. The van der Waals surface area contributed by atoms with Crippen LogP contribution in [-0.2, 0) is 10.8 Å². The van der Waals surface area contributed by atoms with E-state index < -0.39 is 0 Å². The van der Waals surface area contributed by atoms with Gasteiger partial charge in [0.25, 0.3) is 0 Å². The highest BCUT2D eigenvalue weighted by atomic mass is 15.1. The van der Waals surface area contributed by atoms with E-state index in [0.29, 0.717) is 0 Å². The van der Waals surface area contributed by atoms with Gasteiger partial charge >= 0.3 is 0 Å². The van der Waals surface area contributed by atoms with Crippen LogP contribution in [0.1, 0.15) is 52.7 Å². The fourth-order valence-corrected chi connectivity index (χ4v) is 4.26. The first kappa shape index (κ1) is 19.7. The molecule has 0 spiro atoms. The van der Waals surface area contributed by atoms with Crippen molar-refractivity contribution < 1.29 is 0 Å². The third kappa shape index (κ3) is 3.29. The lowest BCUT2D eigenvalue weighted by Crippen LogP contribution is -2.10. The summed E-state index contributed by atoms with van der Waals surface area (Å²) < 4.78 is 2.25. The molecule has 0 atom stereocenters. The monoisotopic (exact) mass is 407 g/mol. The molecule has 0 aliphatic carbocycles. The molecule has 0 bridgehead atoms. The van der Waals surface area contributed by atoms with Crippen molar-refractivity contribution in [3.05, 3.63) is 78.0 Å². The number of nitrogens with zero attached hydrogens (tertiary/aromatic N) is 3. The molecular weight excluding hydrogens is 378 g/mol. The van der Waals surface area contributed by atoms with E-state index >= 15 is 0 Å². The minimum atomic E-state index is 0.0903. The van der Waals surface area contributed by atoms with E-state index in [1.807, 2.05) is 30.5 Å². The summed E-state index contributed by atoms with van der Waals surface area (Å²) in [5.41, 5.74) is 7.01. The molecule has 0 saturated heterocycles. The van der Waals surface area contributed by atoms with Gasteiger partial charge in [0.2, 0.25) is 0 Å². The Hall–Kier alpha value is -3.20. The number of para-hydroxylation sites is 2. The number of benzene rings is 3. The van der Waals surface area contributed by atoms with Gasteiger partial charge in [-0.1, -0.05) is 65.8 Å². The normalized spacial score (nSPS) is 12.8. The van der Waals surface area contributed by atoms with Gasteiger partial charge in [0.1, 0.15) is 0 Å². The summed E-state index contributed by atoms with van der Waals surface area (Å²) in [6.07, 6.45) is 1.89. The molecule has 0 radical (unpaired) electrons. The smallest absolute Gasteiger partial charge is 0.156 e. The van der Waals surface area contributed by atoms with Crippen LogP contribution in [0.3, 0.4) is 0 Å². The third-order valence-electron chi connectivity index (χ3n) is 6.16. The summed E-state index contributed by atoms with van der Waals surface area (Å²) in [4.78, 5) is 9.64. The highest BCUT2D eigenvalue weighted by molar-refractivity contribution is 6.09. The van der Waals surface area contributed by atoms with Gasteiger partial charge in [-0.25, -0.2) is 4.98 Å². The fourth-order valence-electron chi connectivity index (χ4n) is 4.26. The standard InChI is InChI=1S/C28H29N3/c1-27(2,3)18-11-13-24-20(15-18)21-16-19(28(4,5)6)12-14-25(21)31(24)26-17-29-22-9-7-8-10-23(22)30-26/h7-17H,1-6H3. The van der Waals surface area contributed by atoms with Gasteiger partial charge < -0.3 is 0 Å². The molecule has 31 heavy (non-hydrogen) atoms. The van der Waals surface area contributed by atoms with E-state index in [-0.39, 0.29) is 10.8 Å². The van der Waals surface area contributed by atoms with E-state index in [2.05, 4.69) is 87.5 Å². The van der Waals surface area contributed by atoms with E-state index in [4.69, 9.17) is 4.98 Å². The van der Waals surface area contributed by atoms with Crippen LogP contribution in [0.2, 0.25) is 0 Å². The van der Waals surface area contributed by atoms with Crippen molar-refractivity contribution >= 4 is 32.8 Å². The second-order valence-electron chi connectivity index (χ2n) is 10.5. The zero-order valence-corrected chi connectivity index (χ0v) is 19.2. The molecule has 2 heterocycles. The molecular formula is C28H29N3. The molecule has 0 amide bonds. The molecule has 0 unspecified atom stereocenters. The first-order valence-electron chi connectivity index (χ1n) is 10.9. The maximum atomic E-state index is 4.96. The Bertz CT molecular complexity index is 1370. The Morgan fingerprint density at radius 3 is 1.68 bits per heavy atom. The Labute approximate surface area is 183 Å². The van der Waals surface area contributed by atoms with Crippen molar-refractivity contribution in [2.75, 3.05) is 0 Å². The van der Waals surface area contributed by atoms with Crippen molar-refractivity contribution in [2.45, 2.75) is 52.4 Å². The molecule has 0 aliphatic heterocycles. The quantitative estimate of drug-likeness (QED) is 0.291. The lowest BCUT2D eigenvalue weighted by Gasteiger charge is -2.19. The number of hydrogen-bond acceptors (Lipinski definition) is 2. The number of rotatable bonds is 1. The van der Waals surface area contributed by atoms with E-state index in [0.717, 1.165) is 16.9 Å². The molecule has 0 N–H and O–H groups in total. The average molecular weight is 408 g/mol. The highest BCUT2D eigenvalue weighted by Gasteiger charge is 2.21. The van der Waals surface area contributed by atoms with Crippen molar-refractivity contribution in [2.24, 2.45) is 0 Å². The average Bonchev–Trinajstić information content (AvgIpc) is 3.05. The largest absolute Gasteiger partial charge is 0.292 e. The van der Waals surface area contributed by atoms with Gasteiger partial charge in [0, 0.05) is 10.8 Å². The Kier molecular flexibility index (Phi) is 4.23. The predicted molar refractivity (Wildman–Crippen MR) is 131 cm³/mol. The maximum Gasteiger partial charge on any atom is 0.156 e. The van der Waals surface area contributed by atoms with Crippen LogP contribution in [0.15, 0.2) is 66.9 Å².